The molecule has 82 valence electrons. The van der Waals surface area contributed by atoms with Gasteiger partial charge >= 0.3 is 0 Å². The Kier molecular flexibility index (Phi) is 2.26. The highest BCUT2D eigenvalue weighted by molar-refractivity contribution is 5.37. The largest absolute Gasteiger partial charge is 0.326 e. The van der Waals surface area contributed by atoms with E-state index in [9.17, 15) is 0 Å². The van der Waals surface area contributed by atoms with Crippen LogP contribution in [0.4, 0.5) is 0 Å². The SMILES string of the molecule is Cc1cc2nc(CCC(C)(C)N)nn2[nH]1. The van der Waals surface area contributed by atoms with Crippen molar-refractivity contribution in [3.63, 3.8) is 0 Å². The van der Waals surface area contributed by atoms with Gasteiger partial charge in [-0.3, -0.25) is 5.10 Å². The Morgan fingerprint density at radius 1 is 1.53 bits per heavy atom. The fourth-order valence-corrected chi connectivity index (χ4v) is 1.48. The number of hydrogen-bond donors (Lipinski definition) is 2. The number of nitrogens with zero attached hydrogens (tertiary/aromatic N) is 3. The lowest BCUT2D eigenvalue weighted by molar-refractivity contribution is 0.470. The molecule has 0 saturated carbocycles. The van der Waals surface area contributed by atoms with Crippen molar-refractivity contribution in [2.45, 2.75) is 39.2 Å². The van der Waals surface area contributed by atoms with E-state index in [0.717, 1.165) is 30.0 Å². The van der Waals surface area contributed by atoms with Crippen LogP contribution in [0.1, 0.15) is 31.8 Å². The van der Waals surface area contributed by atoms with Crippen LogP contribution < -0.4 is 5.73 Å². The van der Waals surface area contributed by atoms with E-state index in [2.05, 4.69) is 15.2 Å². The Morgan fingerprint density at radius 2 is 2.27 bits per heavy atom. The van der Waals surface area contributed by atoms with Gasteiger partial charge in [0.2, 0.25) is 0 Å². The molecule has 0 aliphatic carbocycles. The minimum Gasteiger partial charge on any atom is -0.326 e. The number of aromatic nitrogens is 4. The smallest absolute Gasteiger partial charge is 0.175 e. The first-order valence-corrected chi connectivity index (χ1v) is 5.14. The number of rotatable bonds is 3. The zero-order chi connectivity index (χ0) is 11.1. The van der Waals surface area contributed by atoms with Gasteiger partial charge in [0.25, 0.3) is 0 Å². The molecule has 5 heteroatoms. The van der Waals surface area contributed by atoms with E-state index >= 15 is 0 Å². The molecule has 3 N–H and O–H groups in total. The molecule has 0 aliphatic heterocycles. The lowest BCUT2D eigenvalue weighted by Crippen LogP contribution is -2.32. The van der Waals surface area contributed by atoms with Crippen LogP contribution in [0.2, 0.25) is 0 Å². The van der Waals surface area contributed by atoms with Gasteiger partial charge in [-0.25, -0.2) is 4.98 Å². The quantitative estimate of drug-likeness (QED) is 0.789. The molecular weight excluding hydrogens is 190 g/mol. The molecule has 2 aromatic heterocycles. The van der Waals surface area contributed by atoms with Gasteiger partial charge in [-0.05, 0) is 27.2 Å². The van der Waals surface area contributed by atoms with Crippen molar-refractivity contribution >= 4 is 5.65 Å². The van der Waals surface area contributed by atoms with Gasteiger partial charge in [0.05, 0.1) is 0 Å². The predicted molar refractivity (Wildman–Crippen MR) is 58.7 cm³/mol. The summed E-state index contributed by atoms with van der Waals surface area (Å²) in [7, 11) is 0. The lowest BCUT2D eigenvalue weighted by atomic mass is 10.0. The van der Waals surface area contributed by atoms with Crippen molar-refractivity contribution < 1.29 is 0 Å². The fraction of sp³-hybridized carbons (Fsp3) is 0.600. The Hall–Kier alpha value is -1.36. The van der Waals surface area contributed by atoms with Crippen molar-refractivity contribution in [3.8, 4) is 0 Å². The molecule has 5 nitrogen and oxygen atoms in total. The minimum atomic E-state index is -0.158. The summed E-state index contributed by atoms with van der Waals surface area (Å²) in [6.45, 7) is 6.01. The third kappa shape index (κ3) is 2.36. The summed E-state index contributed by atoms with van der Waals surface area (Å²) in [5.41, 5.74) is 7.69. The molecule has 0 radical (unpaired) electrons. The van der Waals surface area contributed by atoms with Gasteiger partial charge in [0, 0.05) is 23.7 Å². The molecule has 0 atom stereocenters. The summed E-state index contributed by atoms with van der Waals surface area (Å²) in [5.74, 6) is 0.847. The molecule has 0 amide bonds. The molecule has 0 bridgehead atoms. The van der Waals surface area contributed by atoms with E-state index in [-0.39, 0.29) is 5.54 Å². The highest BCUT2D eigenvalue weighted by atomic mass is 15.5. The van der Waals surface area contributed by atoms with E-state index in [4.69, 9.17) is 5.73 Å². The first-order chi connectivity index (χ1) is 6.94. The minimum absolute atomic E-state index is 0.158. The third-order valence-electron chi connectivity index (χ3n) is 2.30. The van der Waals surface area contributed by atoms with Gasteiger partial charge in [-0.15, -0.1) is 5.10 Å². The van der Waals surface area contributed by atoms with E-state index in [0.29, 0.717) is 0 Å². The normalized spacial score (nSPS) is 12.5. The summed E-state index contributed by atoms with van der Waals surface area (Å²) in [4.78, 5) is 4.40. The van der Waals surface area contributed by atoms with Gasteiger partial charge in [0.1, 0.15) is 0 Å². The molecule has 0 saturated heterocycles. The summed E-state index contributed by atoms with van der Waals surface area (Å²) in [6.07, 6.45) is 1.71. The highest BCUT2D eigenvalue weighted by Crippen LogP contribution is 2.09. The topological polar surface area (TPSA) is 72.0 Å². The number of aryl methyl sites for hydroxylation is 2. The second-order valence-corrected chi connectivity index (χ2v) is 4.73. The number of hydrogen-bond acceptors (Lipinski definition) is 3. The Morgan fingerprint density at radius 3 is 2.87 bits per heavy atom. The van der Waals surface area contributed by atoms with Crippen molar-refractivity contribution in [1.29, 1.82) is 0 Å². The average molecular weight is 207 g/mol. The lowest BCUT2D eigenvalue weighted by Gasteiger charge is -2.16. The maximum Gasteiger partial charge on any atom is 0.175 e. The first kappa shape index (κ1) is 10.2. The van der Waals surface area contributed by atoms with E-state index in [1.807, 2.05) is 26.8 Å². The molecule has 15 heavy (non-hydrogen) atoms. The molecule has 2 aromatic rings. The Labute approximate surface area is 88.7 Å². The van der Waals surface area contributed by atoms with Crippen molar-refractivity contribution in [3.05, 3.63) is 17.6 Å². The van der Waals surface area contributed by atoms with Crippen LogP contribution in [0.3, 0.4) is 0 Å². The van der Waals surface area contributed by atoms with Crippen LogP contribution in [0.25, 0.3) is 5.65 Å². The van der Waals surface area contributed by atoms with Gasteiger partial charge in [0.15, 0.2) is 11.5 Å². The molecule has 0 aliphatic rings. The van der Waals surface area contributed by atoms with Crippen LogP contribution in [0.15, 0.2) is 6.07 Å². The molecule has 0 unspecified atom stereocenters. The van der Waals surface area contributed by atoms with Crippen LogP contribution in [-0.2, 0) is 6.42 Å². The zero-order valence-corrected chi connectivity index (χ0v) is 9.41. The standard InChI is InChI=1S/C10H17N5/c1-7-6-9-12-8(14-15(9)13-7)4-5-10(2,3)11/h6,13H,4-5,11H2,1-3H3. The van der Waals surface area contributed by atoms with E-state index in [1.165, 1.54) is 0 Å². The average Bonchev–Trinajstić information content (AvgIpc) is 2.55. The first-order valence-electron chi connectivity index (χ1n) is 5.14. The van der Waals surface area contributed by atoms with Crippen molar-refractivity contribution in [2.75, 3.05) is 0 Å². The molecule has 2 rings (SSSR count). The zero-order valence-electron chi connectivity index (χ0n) is 9.41. The van der Waals surface area contributed by atoms with E-state index in [1.54, 1.807) is 4.63 Å². The molecule has 0 spiro atoms. The number of aromatic amines is 1. The van der Waals surface area contributed by atoms with Crippen molar-refractivity contribution in [2.24, 2.45) is 5.73 Å². The summed E-state index contributed by atoms with van der Waals surface area (Å²) < 4.78 is 1.70. The number of fused-ring (bicyclic) bond motifs is 1. The Bertz CT molecular complexity index is 428. The Balaban J connectivity index is 2.12. The number of H-pyrrole nitrogens is 1. The third-order valence-corrected chi connectivity index (χ3v) is 2.30. The number of nitrogens with one attached hydrogen (secondary N) is 1. The van der Waals surface area contributed by atoms with E-state index < -0.39 is 0 Å². The highest BCUT2D eigenvalue weighted by Gasteiger charge is 2.13. The van der Waals surface area contributed by atoms with Crippen LogP contribution in [0, 0.1) is 6.92 Å². The second kappa shape index (κ2) is 3.34. The predicted octanol–water partition coefficient (Wildman–Crippen LogP) is 1.04. The molecular formula is C10H17N5. The molecule has 2 heterocycles. The molecule has 0 fully saturated rings. The fourth-order valence-electron chi connectivity index (χ4n) is 1.48. The summed E-state index contributed by atoms with van der Waals surface area (Å²) in [6, 6.07) is 1.98. The maximum absolute atomic E-state index is 5.91. The van der Waals surface area contributed by atoms with Crippen LogP contribution >= 0.6 is 0 Å². The number of nitrogens with two attached hydrogens (primary N) is 1. The maximum atomic E-state index is 5.91. The van der Waals surface area contributed by atoms with Crippen LogP contribution in [-0.4, -0.2) is 25.4 Å². The summed E-state index contributed by atoms with van der Waals surface area (Å²) in [5, 5.41) is 7.42. The van der Waals surface area contributed by atoms with Gasteiger partial charge in [-0.1, -0.05) is 0 Å². The summed E-state index contributed by atoms with van der Waals surface area (Å²) >= 11 is 0. The van der Waals surface area contributed by atoms with Crippen LogP contribution in [0.5, 0.6) is 0 Å². The van der Waals surface area contributed by atoms with Gasteiger partial charge < -0.3 is 5.73 Å². The second-order valence-electron chi connectivity index (χ2n) is 4.73. The van der Waals surface area contributed by atoms with Crippen molar-refractivity contribution in [1.82, 2.24) is 19.8 Å². The van der Waals surface area contributed by atoms with Gasteiger partial charge in [-0.2, -0.15) is 4.63 Å². The molecule has 0 aromatic carbocycles. The monoisotopic (exact) mass is 207 g/mol.